The second kappa shape index (κ2) is 4.36. The molecule has 0 unspecified atom stereocenters. The van der Waals surface area contributed by atoms with Crippen LogP contribution in [0.1, 0.15) is 5.56 Å². The van der Waals surface area contributed by atoms with Gasteiger partial charge in [-0.2, -0.15) is 0 Å². The van der Waals surface area contributed by atoms with Crippen LogP contribution in [-0.4, -0.2) is 22.7 Å². The predicted molar refractivity (Wildman–Crippen MR) is 67.6 cm³/mol. The SMILES string of the molecule is O=C1CN(O)C(c2ccccc2)=c2ccsc2=N1. The summed E-state index contributed by atoms with van der Waals surface area (Å²) in [6.45, 7) is -0.119. The lowest BCUT2D eigenvalue weighted by atomic mass is 10.1. The number of fused-ring (bicyclic) bond motifs is 1. The molecule has 0 aliphatic carbocycles. The van der Waals surface area contributed by atoms with Gasteiger partial charge in [-0.15, -0.1) is 11.3 Å². The summed E-state index contributed by atoms with van der Waals surface area (Å²) in [6, 6.07) is 11.4. The van der Waals surface area contributed by atoms with E-state index in [0.29, 0.717) is 10.4 Å². The summed E-state index contributed by atoms with van der Waals surface area (Å²) >= 11 is 1.40. The Balaban J connectivity index is 2.36. The van der Waals surface area contributed by atoms with Crippen molar-refractivity contribution in [2.24, 2.45) is 4.99 Å². The van der Waals surface area contributed by atoms with Gasteiger partial charge >= 0.3 is 0 Å². The Kier molecular flexibility index (Phi) is 2.70. The van der Waals surface area contributed by atoms with Crippen LogP contribution in [0.15, 0.2) is 46.8 Å². The summed E-state index contributed by atoms with van der Waals surface area (Å²) in [7, 11) is 0. The van der Waals surface area contributed by atoms with E-state index in [1.165, 1.54) is 11.3 Å². The fraction of sp³-hybridized carbons (Fsp3) is 0.0769. The summed E-state index contributed by atoms with van der Waals surface area (Å²) in [5.41, 5.74) is 1.49. The molecular formula is C13H10N2O2S. The zero-order valence-electron chi connectivity index (χ0n) is 9.41. The van der Waals surface area contributed by atoms with Crippen molar-refractivity contribution in [3.8, 4) is 0 Å². The van der Waals surface area contributed by atoms with Crippen molar-refractivity contribution in [2.75, 3.05) is 6.54 Å². The van der Waals surface area contributed by atoms with Crippen LogP contribution in [0.25, 0.3) is 5.70 Å². The molecule has 1 aromatic heterocycles. The van der Waals surface area contributed by atoms with E-state index in [-0.39, 0.29) is 12.5 Å². The van der Waals surface area contributed by atoms with Crippen LogP contribution >= 0.6 is 11.3 Å². The summed E-state index contributed by atoms with van der Waals surface area (Å²) in [5.74, 6) is -0.341. The number of thiophene rings is 1. The minimum absolute atomic E-state index is 0.119. The summed E-state index contributed by atoms with van der Waals surface area (Å²) in [5, 5.41) is 13.7. The molecule has 0 saturated carbocycles. The molecule has 0 saturated heterocycles. The maximum atomic E-state index is 11.6. The third kappa shape index (κ3) is 1.83. The van der Waals surface area contributed by atoms with Gasteiger partial charge in [0.1, 0.15) is 11.2 Å². The number of carbonyl (C=O) groups is 1. The quantitative estimate of drug-likeness (QED) is 0.821. The molecule has 1 amide bonds. The van der Waals surface area contributed by atoms with E-state index in [1.807, 2.05) is 41.8 Å². The lowest BCUT2D eigenvalue weighted by molar-refractivity contribution is -0.125. The van der Waals surface area contributed by atoms with Gasteiger partial charge < -0.3 is 0 Å². The average molecular weight is 258 g/mol. The molecule has 2 heterocycles. The van der Waals surface area contributed by atoms with Gasteiger partial charge in [0.2, 0.25) is 0 Å². The first kappa shape index (κ1) is 11.1. The van der Waals surface area contributed by atoms with Gasteiger partial charge in [0.25, 0.3) is 5.91 Å². The average Bonchev–Trinajstić information content (AvgIpc) is 2.74. The Hall–Kier alpha value is -1.98. The number of rotatable bonds is 1. The number of carbonyl (C=O) groups excluding carboxylic acids is 1. The maximum Gasteiger partial charge on any atom is 0.269 e. The molecule has 0 spiro atoms. The Bertz CT molecular complexity index is 706. The lowest BCUT2D eigenvalue weighted by Gasteiger charge is -2.17. The van der Waals surface area contributed by atoms with Crippen LogP contribution in [0.4, 0.5) is 0 Å². The van der Waals surface area contributed by atoms with E-state index < -0.39 is 0 Å². The number of nitrogens with zero attached hydrogens (tertiary/aromatic N) is 2. The van der Waals surface area contributed by atoms with Crippen molar-refractivity contribution in [1.29, 1.82) is 0 Å². The topological polar surface area (TPSA) is 52.9 Å². The Morgan fingerprint density at radius 3 is 2.78 bits per heavy atom. The van der Waals surface area contributed by atoms with Gasteiger partial charge in [0, 0.05) is 10.8 Å². The van der Waals surface area contributed by atoms with Crippen LogP contribution < -0.4 is 9.89 Å². The molecule has 1 N–H and O–H groups in total. The first-order valence-corrected chi connectivity index (χ1v) is 6.35. The largest absolute Gasteiger partial charge is 0.288 e. The van der Waals surface area contributed by atoms with Crippen molar-refractivity contribution < 1.29 is 10.0 Å². The number of benzene rings is 1. The Morgan fingerprint density at radius 1 is 1.22 bits per heavy atom. The molecule has 0 radical (unpaired) electrons. The number of hydrogen-bond donors (Lipinski definition) is 1. The van der Waals surface area contributed by atoms with Crippen LogP contribution in [0, 0.1) is 0 Å². The lowest BCUT2D eigenvalue weighted by Crippen LogP contribution is -2.29. The standard InChI is InChI=1S/C13H10N2O2S/c16-11-8-15(17)12(9-4-2-1-3-5-9)10-6-7-18-13(10)14-11/h1-7,17H,8H2. The highest BCUT2D eigenvalue weighted by Crippen LogP contribution is 2.15. The van der Waals surface area contributed by atoms with Gasteiger partial charge in [-0.1, -0.05) is 30.3 Å². The summed E-state index contributed by atoms with van der Waals surface area (Å²) in [4.78, 5) is 15.5. The first-order valence-electron chi connectivity index (χ1n) is 5.47. The van der Waals surface area contributed by atoms with Crippen molar-refractivity contribution >= 4 is 22.9 Å². The first-order chi connectivity index (χ1) is 8.75. The van der Waals surface area contributed by atoms with Crippen LogP contribution in [0.2, 0.25) is 0 Å². The maximum absolute atomic E-state index is 11.6. The fourth-order valence-corrected chi connectivity index (χ4v) is 2.74. The van der Waals surface area contributed by atoms with E-state index in [4.69, 9.17) is 0 Å². The fourth-order valence-electron chi connectivity index (χ4n) is 1.96. The summed E-state index contributed by atoms with van der Waals surface area (Å²) in [6.07, 6.45) is 0. The molecule has 0 bridgehead atoms. The zero-order chi connectivity index (χ0) is 12.5. The van der Waals surface area contributed by atoms with Gasteiger partial charge in [-0.3, -0.25) is 10.0 Å². The zero-order valence-corrected chi connectivity index (χ0v) is 10.2. The predicted octanol–water partition coefficient (Wildman–Crippen LogP) is 0.756. The van der Waals surface area contributed by atoms with E-state index >= 15 is 0 Å². The van der Waals surface area contributed by atoms with Crippen LogP contribution in [-0.2, 0) is 4.79 Å². The minimum atomic E-state index is -0.341. The van der Waals surface area contributed by atoms with E-state index in [9.17, 15) is 10.0 Å². The Labute approximate surface area is 107 Å². The van der Waals surface area contributed by atoms with Crippen molar-refractivity contribution in [1.82, 2.24) is 5.06 Å². The third-order valence-electron chi connectivity index (χ3n) is 2.72. The normalized spacial score (nSPS) is 15.1. The number of hydroxylamine groups is 2. The molecule has 4 nitrogen and oxygen atoms in total. The highest BCUT2D eigenvalue weighted by molar-refractivity contribution is 7.07. The molecule has 1 aliphatic rings. The van der Waals surface area contributed by atoms with E-state index in [2.05, 4.69) is 4.99 Å². The second-order valence-electron chi connectivity index (χ2n) is 3.92. The number of amides is 1. The highest BCUT2D eigenvalue weighted by Gasteiger charge is 2.18. The van der Waals surface area contributed by atoms with Crippen LogP contribution in [0.3, 0.4) is 0 Å². The molecular weight excluding hydrogens is 248 g/mol. The molecule has 18 heavy (non-hydrogen) atoms. The number of hydrogen-bond acceptors (Lipinski definition) is 4. The molecule has 0 fully saturated rings. The second-order valence-corrected chi connectivity index (χ2v) is 4.81. The monoisotopic (exact) mass is 258 g/mol. The van der Waals surface area contributed by atoms with Gasteiger partial charge in [-0.25, -0.2) is 10.1 Å². The van der Waals surface area contributed by atoms with Gasteiger partial charge in [0.05, 0.1) is 5.70 Å². The van der Waals surface area contributed by atoms with E-state index in [1.54, 1.807) is 0 Å². The molecule has 1 aromatic carbocycles. The molecule has 1 aliphatic heterocycles. The van der Waals surface area contributed by atoms with E-state index in [0.717, 1.165) is 15.8 Å². The highest BCUT2D eigenvalue weighted by atomic mass is 32.1. The minimum Gasteiger partial charge on any atom is -0.288 e. The van der Waals surface area contributed by atoms with Crippen molar-refractivity contribution in [3.05, 3.63) is 57.2 Å². The molecule has 90 valence electrons. The summed E-state index contributed by atoms with van der Waals surface area (Å²) < 4.78 is 0.649. The van der Waals surface area contributed by atoms with Gasteiger partial charge in [0.15, 0.2) is 0 Å². The van der Waals surface area contributed by atoms with Crippen LogP contribution in [0.5, 0.6) is 0 Å². The molecule has 5 heteroatoms. The Morgan fingerprint density at radius 2 is 2.00 bits per heavy atom. The molecule has 2 aromatic rings. The smallest absolute Gasteiger partial charge is 0.269 e. The molecule has 0 atom stereocenters. The van der Waals surface area contributed by atoms with Crippen molar-refractivity contribution in [3.63, 3.8) is 0 Å². The van der Waals surface area contributed by atoms with Crippen molar-refractivity contribution in [2.45, 2.75) is 0 Å². The molecule has 3 rings (SSSR count). The van der Waals surface area contributed by atoms with Gasteiger partial charge in [-0.05, 0) is 11.4 Å². The third-order valence-corrected chi connectivity index (χ3v) is 3.52.